The zero-order valence-corrected chi connectivity index (χ0v) is 13.1. The van der Waals surface area contributed by atoms with Gasteiger partial charge in [-0.15, -0.1) is 11.6 Å². The SMILES string of the molecule is CCl.c1ccc2ncccc2c1.c1ccc2ncccc2c1. The summed E-state index contributed by atoms with van der Waals surface area (Å²) >= 11 is 4.64. The first-order chi connectivity index (χ1) is 10.9. The van der Waals surface area contributed by atoms with Gasteiger partial charge in [0.2, 0.25) is 0 Å². The lowest BCUT2D eigenvalue weighted by Crippen LogP contribution is -1.73. The second-order valence-electron chi connectivity index (χ2n) is 4.39. The van der Waals surface area contributed by atoms with Gasteiger partial charge in [-0.2, -0.15) is 0 Å². The fraction of sp³-hybridized carbons (Fsp3) is 0.0526. The Morgan fingerprint density at radius 1 is 0.545 bits per heavy atom. The molecule has 0 amide bonds. The highest BCUT2D eigenvalue weighted by molar-refractivity contribution is 6.15. The third-order valence-electron chi connectivity index (χ3n) is 3.02. The predicted octanol–water partition coefficient (Wildman–Crippen LogP) is 5.32. The van der Waals surface area contributed by atoms with Crippen molar-refractivity contribution in [1.29, 1.82) is 0 Å². The van der Waals surface area contributed by atoms with Crippen molar-refractivity contribution in [3.8, 4) is 0 Å². The highest BCUT2D eigenvalue weighted by Gasteiger charge is 1.87. The summed E-state index contributed by atoms with van der Waals surface area (Å²) in [6, 6.07) is 24.2. The number of pyridine rings is 2. The molecular weight excluding hydrogens is 292 g/mol. The molecule has 22 heavy (non-hydrogen) atoms. The average molecular weight is 309 g/mol. The van der Waals surface area contributed by atoms with E-state index in [0.717, 1.165) is 11.0 Å². The highest BCUT2D eigenvalue weighted by atomic mass is 35.5. The van der Waals surface area contributed by atoms with Gasteiger partial charge in [-0.3, -0.25) is 9.97 Å². The van der Waals surface area contributed by atoms with Crippen molar-refractivity contribution in [2.45, 2.75) is 0 Å². The van der Waals surface area contributed by atoms with Crippen LogP contribution in [0.2, 0.25) is 0 Å². The van der Waals surface area contributed by atoms with Gasteiger partial charge in [-0.05, 0) is 24.3 Å². The first-order valence-corrected chi connectivity index (χ1v) is 7.66. The molecule has 4 aromatic rings. The molecule has 0 unspecified atom stereocenters. The van der Waals surface area contributed by atoms with Gasteiger partial charge in [0.05, 0.1) is 11.0 Å². The van der Waals surface area contributed by atoms with Gasteiger partial charge in [0, 0.05) is 29.5 Å². The van der Waals surface area contributed by atoms with Crippen molar-refractivity contribution >= 4 is 33.4 Å². The molecule has 0 fully saturated rings. The van der Waals surface area contributed by atoms with Crippen molar-refractivity contribution in [3.63, 3.8) is 0 Å². The molecule has 2 aromatic carbocycles. The van der Waals surface area contributed by atoms with Crippen molar-refractivity contribution in [3.05, 3.63) is 85.2 Å². The lowest BCUT2D eigenvalue weighted by Gasteiger charge is -1.91. The van der Waals surface area contributed by atoms with Crippen LogP contribution in [-0.2, 0) is 0 Å². The summed E-state index contributed by atoms with van der Waals surface area (Å²) in [5.74, 6) is 0. The monoisotopic (exact) mass is 308 g/mol. The Bertz CT molecular complexity index is 629. The molecule has 2 heterocycles. The zero-order valence-electron chi connectivity index (χ0n) is 12.4. The van der Waals surface area contributed by atoms with E-state index < -0.39 is 0 Å². The van der Waals surface area contributed by atoms with E-state index in [1.54, 1.807) is 0 Å². The Hall–Kier alpha value is -2.45. The summed E-state index contributed by atoms with van der Waals surface area (Å²) in [6.07, 6.45) is 5.09. The van der Waals surface area contributed by atoms with Gasteiger partial charge in [0.15, 0.2) is 0 Å². The predicted molar refractivity (Wildman–Crippen MR) is 95.3 cm³/mol. The zero-order chi connectivity index (χ0) is 15.6. The van der Waals surface area contributed by atoms with E-state index in [1.807, 2.05) is 60.9 Å². The smallest absolute Gasteiger partial charge is 0.0701 e. The lowest BCUT2D eigenvalue weighted by molar-refractivity contribution is 1.41. The quantitative estimate of drug-likeness (QED) is 0.411. The second-order valence-corrected chi connectivity index (χ2v) is 4.39. The molecule has 0 atom stereocenters. The molecule has 0 saturated carbocycles. The van der Waals surface area contributed by atoms with Crippen LogP contribution in [0, 0.1) is 0 Å². The molecule has 110 valence electrons. The number of halogens is 1. The van der Waals surface area contributed by atoms with Crippen LogP contribution in [0.25, 0.3) is 21.8 Å². The Kier molecular flexibility index (Phi) is 6.34. The first-order valence-electron chi connectivity index (χ1n) is 6.91. The summed E-state index contributed by atoms with van der Waals surface area (Å²) in [5.41, 5.74) is 2.12. The molecule has 0 bridgehead atoms. The minimum Gasteiger partial charge on any atom is -0.256 e. The van der Waals surface area contributed by atoms with Gasteiger partial charge >= 0.3 is 0 Å². The van der Waals surface area contributed by atoms with Gasteiger partial charge in [0.1, 0.15) is 0 Å². The minimum atomic E-state index is 1.06. The fourth-order valence-electron chi connectivity index (χ4n) is 2.03. The topological polar surface area (TPSA) is 25.8 Å². The van der Waals surface area contributed by atoms with E-state index in [4.69, 9.17) is 0 Å². The van der Waals surface area contributed by atoms with Gasteiger partial charge in [-0.1, -0.05) is 48.5 Å². The molecular formula is C19H17ClN2. The molecule has 0 N–H and O–H groups in total. The Morgan fingerprint density at radius 3 is 1.32 bits per heavy atom. The van der Waals surface area contributed by atoms with Crippen molar-refractivity contribution < 1.29 is 0 Å². The average Bonchev–Trinajstić information content (AvgIpc) is 2.64. The van der Waals surface area contributed by atoms with Crippen molar-refractivity contribution in [2.75, 3.05) is 6.38 Å². The van der Waals surface area contributed by atoms with Crippen LogP contribution < -0.4 is 0 Å². The maximum absolute atomic E-state index is 4.64. The highest BCUT2D eigenvalue weighted by Crippen LogP contribution is 2.08. The lowest BCUT2D eigenvalue weighted by atomic mass is 10.2. The number of para-hydroxylation sites is 2. The largest absolute Gasteiger partial charge is 0.256 e. The number of alkyl halides is 1. The summed E-state index contributed by atoms with van der Waals surface area (Å²) in [7, 11) is 0. The maximum atomic E-state index is 4.64. The van der Waals surface area contributed by atoms with Crippen LogP contribution in [0.4, 0.5) is 0 Å². The van der Waals surface area contributed by atoms with E-state index in [0.29, 0.717) is 0 Å². The molecule has 3 heteroatoms. The molecule has 0 spiro atoms. The summed E-state index contributed by atoms with van der Waals surface area (Å²) in [5, 5.41) is 2.40. The van der Waals surface area contributed by atoms with Crippen LogP contribution >= 0.6 is 11.6 Å². The summed E-state index contributed by atoms with van der Waals surface area (Å²) in [4.78, 5) is 8.36. The second kappa shape index (κ2) is 8.75. The molecule has 0 radical (unpaired) electrons. The Morgan fingerprint density at radius 2 is 0.909 bits per heavy atom. The van der Waals surface area contributed by atoms with Crippen molar-refractivity contribution in [2.24, 2.45) is 0 Å². The normalized spacial score (nSPS) is 9.36. The van der Waals surface area contributed by atoms with Gasteiger partial charge in [-0.25, -0.2) is 0 Å². The van der Waals surface area contributed by atoms with E-state index in [-0.39, 0.29) is 0 Å². The minimum absolute atomic E-state index is 1.06. The molecule has 2 nitrogen and oxygen atoms in total. The van der Waals surface area contributed by atoms with Crippen LogP contribution in [0.1, 0.15) is 0 Å². The number of fused-ring (bicyclic) bond motifs is 2. The summed E-state index contributed by atoms with van der Waals surface area (Å²) < 4.78 is 0. The van der Waals surface area contributed by atoms with E-state index >= 15 is 0 Å². The third kappa shape index (κ3) is 4.27. The Labute approximate surface area is 135 Å². The number of hydrogen-bond acceptors (Lipinski definition) is 2. The molecule has 4 rings (SSSR count). The number of hydrogen-bond donors (Lipinski definition) is 0. The van der Waals surface area contributed by atoms with Crippen LogP contribution in [0.5, 0.6) is 0 Å². The van der Waals surface area contributed by atoms with E-state index in [9.17, 15) is 0 Å². The van der Waals surface area contributed by atoms with Crippen molar-refractivity contribution in [1.82, 2.24) is 9.97 Å². The fourth-order valence-corrected chi connectivity index (χ4v) is 2.03. The molecule has 0 aliphatic carbocycles. The van der Waals surface area contributed by atoms with Gasteiger partial charge in [0.25, 0.3) is 0 Å². The summed E-state index contributed by atoms with van der Waals surface area (Å²) in [6.45, 7) is 0. The van der Waals surface area contributed by atoms with Crippen LogP contribution in [0.3, 0.4) is 0 Å². The van der Waals surface area contributed by atoms with E-state index in [2.05, 4.69) is 45.8 Å². The maximum Gasteiger partial charge on any atom is 0.0701 e. The Balaban J connectivity index is 0.000000144. The van der Waals surface area contributed by atoms with E-state index in [1.165, 1.54) is 17.2 Å². The third-order valence-corrected chi connectivity index (χ3v) is 3.02. The standard InChI is InChI=1S/2C9H7N.CH3Cl/c2*1-2-6-9-8(4-1)5-3-7-10-9;1-2/h2*1-7H;1H3. The number of rotatable bonds is 0. The molecule has 0 aliphatic rings. The van der Waals surface area contributed by atoms with Gasteiger partial charge < -0.3 is 0 Å². The molecule has 0 aliphatic heterocycles. The molecule has 2 aromatic heterocycles. The number of benzene rings is 2. The number of aromatic nitrogens is 2. The van der Waals surface area contributed by atoms with Crippen LogP contribution in [-0.4, -0.2) is 16.4 Å². The number of nitrogens with zero attached hydrogens (tertiary/aromatic N) is 2. The molecule has 0 saturated heterocycles. The first kappa shape index (κ1) is 15.9. The van der Waals surface area contributed by atoms with Crippen LogP contribution in [0.15, 0.2) is 85.2 Å².